The molecule has 1 aromatic carbocycles. The third kappa shape index (κ3) is 2.50. The monoisotopic (exact) mass is 225 g/mol. The molecule has 1 saturated heterocycles. The van der Waals surface area contributed by atoms with Crippen molar-refractivity contribution < 1.29 is 8.42 Å². The molecule has 82 valence electrons. The minimum absolute atomic E-state index is 0.0797. The molecular formula is C11H15NO2S. The minimum atomic E-state index is -2.79. The molecule has 0 amide bonds. The first-order valence-electron chi connectivity index (χ1n) is 5.09. The van der Waals surface area contributed by atoms with Gasteiger partial charge in [0.15, 0.2) is 9.84 Å². The molecule has 0 aromatic heterocycles. The molecule has 0 spiro atoms. The molecule has 0 bridgehead atoms. The first kappa shape index (κ1) is 10.5. The molecule has 1 N–H and O–H groups in total. The Balaban J connectivity index is 2.08. The van der Waals surface area contributed by atoms with Crippen molar-refractivity contribution in [3.8, 4) is 0 Å². The lowest BCUT2D eigenvalue weighted by molar-refractivity contribution is 0.602. The largest absolute Gasteiger partial charge is 0.381 e. The van der Waals surface area contributed by atoms with Crippen molar-refractivity contribution in [2.75, 3.05) is 16.8 Å². The Labute approximate surface area is 90.4 Å². The van der Waals surface area contributed by atoms with Gasteiger partial charge in [-0.25, -0.2) is 8.42 Å². The maximum absolute atomic E-state index is 11.3. The fourth-order valence-electron chi connectivity index (χ4n) is 1.86. The van der Waals surface area contributed by atoms with Crippen molar-refractivity contribution in [3.63, 3.8) is 0 Å². The first-order chi connectivity index (χ1) is 7.07. The van der Waals surface area contributed by atoms with Gasteiger partial charge < -0.3 is 5.32 Å². The highest BCUT2D eigenvalue weighted by Crippen LogP contribution is 2.19. The van der Waals surface area contributed by atoms with Gasteiger partial charge in [-0.3, -0.25) is 0 Å². The molecule has 0 unspecified atom stereocenters. The van der Waals surface area contributed by atoms with E-state index in [9.17, 15) is 8.42 Å². The van der Waals surface area contributed by atoms with Crippen LogP contribution in [0.15, 0.2) is 24.3 Å². The van der Waals surface area contributed by atoms with E-state index in [-0.39, 0.29) is 11.8 Å². The Bertz CT molecular complexity index is 453. The molecule has 0 saturated carbocycles. The molecule has 1 fully saturated rings. The number of rotatable bonds is 2. The highest BCUT2D eigenvalue weighted by Gasteiger charge is 2.27. The van der Waals surface area contributed by atoms with Crippen LogP contribution in [0.25, 0.3) is 0 Å². The van der Waals surface area contributed by atoms with Crippen LogP contribution in [0.5, 0.6) is 0 Å². The summed E-state index contributed by atoms with van der Waals surface area (Å²) in [6.45, 7) is 2.02. The number of hydrogen-bond acceptors (Lipinski definition) is 3. The van der Waals surface area contributed by atoms with Gasteiger partial charge in [0.2, 0.25) is 0 Å². The van der Waals surface area contributed by atoms with Gasteiger partial charge in [0.05, 0.1) is 11.5 Å². The quantitative estimate of drug-likeness (QED) is 0.831. The second-order valence-corrected chi connectivity index (χ2v) is 6.29. The normalized spacial score (nSPS) is 23.9. The number of anilines is 1. The number of hydrogen-bond donors (Lipinski definition) is 1. The van der Waals surface area contributed by atoms with Crippen LogP contribution in [0, 0.1) is 6.92 Å². The maximum atomic E-state index is 11.3. The van der Waals surface area contributed by atoms with Crippen molar-refractivity contribution in [2.45, 2.75) is 19.4 Å². The molecular weight excluding hydrogens is 210 g/mol. The van der Waals surface area contributed by atoms with E-state index in [0.29, 0.717) is 5.75 Å². The lowest BCUT2D eigenvalue weighted by Crippen LogP contribution is -2.20. The number of aryl methyl sites for hydroxylation is 1. The Kier molecular flexibility index (Phi) is 2.69. The maximum Gasteiger partial charge on any atom is 0.152 e. The molecule has 0 radical (unpaired) electrons. The van der Waals surface area contributed by atoms with E-state index in [1.54, 1.807) is 0 Å². The molecule has 1 aliphatic rings. The Hall–Kier alpha value is -1.03. The summed E-state index contributed by atoms with van der Waals surface area (Å²) in [5.41, 5.74) is 2.20. The van der Waals surface area contributed by atoms with Crippen molar-refractivity contribution in [1.29, 1.82) is 0 Å². The van der Waals surface area contributed by atoms with Crippen LogP contribution in [-0.4, -0.2) is 26.0 Å². The first-order valence-corrected chi connectivity index (χ1v) is 6.91. The van der Waals surface area contributed by atoms with Crippen LogP contribution >= 0.6 is 0 Å². The standard InChI is InChI=1S/C11H15NO2S/c1-9-4-2-3-5-11(9)12-10-6-7-15(13,14)8-10/h2-5,10,12H,6-8H2,1H3/t10-/m1/s1. The zero-order chi connectivity index (χ0) is 10.9. The predicted molar refractivity (Wildman–Crippen MR) is 61.9 cm³/mol. The second kappa shape index (κ2) is 3.85. The molecule has 1 heterocycles. The van der Waals surface area contributed by atoms with Crippen LogP contribution < -0.4 is 5.32 Å². The van der Waals surface area contributed by atoms with Crippen molar-refractivity contribution in [2.24, 2.45) is 0 Å². The summed E-state index contributed by atoms with van der Waals surface area (Å²) in [7, 11) is -2.79. The van der Waals surface area contributed by atoms with Crippen LogP contribution in [0.1, 0.15) is 12.0 Å². The van der Waals surface area contributed by atoms with Crippen LogP contribution in [0.2, 0.25) is 0 Å². The smallest absolute Gasteiger partial charge is 0.152 e. The summed E-state index contributed by atoms with van der Waals surface area (Å²) in [5, 5.41) is 3.29. The summed E-state index contributed by atoms with van der Waals surface area (Å²) in [5.74, 6) is 0.581. The van der Waals surface area contributed by atoms with E-state index in [2.05, 4.69) is 5.32 Å². The second-order valence-electron chi connectivity index (χ2n) is 4.06. The fourth-order valence-corrected chi connectivity index (χ4v) is 3.54. The summed E-state index contributed by atoms with van der Waals surface area (Å²) in [6, 6.07) is 8.02. The van der Waals surface area contributed by atoms with Gasteiger partial charge in [0.25, 0.3) is 0 Å². The topological polar surface area (TPSA) is 46.2 Å². The average Bonchev–Trinajstić information content (AvgIpc) is 2.50. The molecule has 2 rings (SSSR count). The van der Waals surface area contributed by atoms with Gasteiger partial charge in [0.1, 0.15) is 0 Å². The Morgan fingerprint density at radius 2 is 2.07 bits per heavy atom. The average molecular weight is 225 g/mol. The number of benzene rings is 1. The highest BCUT2D eigenvalue weighted by molar-refractivity contribution is 7.91. The Morgan fingerprint density at radius 1 is 1.33 bits per heavy atom. The van der Waals surface area contributed by atoms with Crippen molar-refractivity contribution >= 4 is 15.5 Å². The lowest BCUT2D eigenvalue weighted by atomic mass is 10.1. The SMILES string of the molecule is Cc1ccccc1N[C@@H]1CCS(=O)(=O)C1. The zero-order valence-corrected chi connectivity index (χ0v) is 9.55. The number of nitrogens with one attached hydrogen (secondary N) is 1. The van der Waals surface area contributed by atoms with E-state index in [0.717, 1.165) is 17.7 Å². The summed E-state index contributed by atoms with van der Waals surface area (Å²) in [6.07, 6.45) is 0.719. The number of sulfone groups is 1. The molecule has 3 nitrogen and oxygen atoms in total. The van der Waals surface area contributed by atoms with E-state index in [1.165, 1.54) is 0 Å². The van der Waals surface area contributed by atoms with E-state index < -0.39 is 9.84 Å². The molecule has 1 aliphatic heterocycles. The minimum Gasteiger partial charge on any atom is -0.381 e. The zero-order valence-electron chi connectivity index (χ0n) is 8.73. The van der Waals surface area contributed by atoms with Gasteiger partial charge in [0, 0.05) is 11.7 Å². The molecule has 1 aromatic rings. The fraction of sp³-hybridized carbons (Fsp3) is 0.455. The van der Waals surface area contributed by atoms with Crippen LogP contribution in [0.3, 0.4) is 0 Å². The molecule has 1 atom stereocenters. The van der Waals surface area contributed by atoms with Crippen LogP contribution in [0.4, 0.5) is 5.69 Å². The van der Waals surface area contributed by atoms with E-state index >= 15 is 0 Å². The summed E-state index contributed by atoms with van der Waals surface area (Å²) >= 11 is 0. The highest BCUT2D eigenvalue weighted by atomic mass is 32.2. The van der Waals surface area contributed by atoms with Gasteiger partial charge in [-0.1, -0.05) is 18.2 Å². The third-order valence-corrected chi connectivity index (χ3v) is 4.51. The lowest BCUT2D eigenvalue weighted by Gasteiger charge is -2.14. The predicted octanol–water partition coefficient (Wildman–Crippen LogP) is 1.59. The van der Waals surface area contributed by atoms with E-state index in [4.69, 9.17) is 0 Å². The van der Waals surface area contributed by atoms with Crippen molar-refractivity contribution in [1.82, 2.24) is 0 Å². The van der Waals surface area contributed by atoms with Crippen LogP contribution in [-0.2, 0) is 9.84 Å². The summed E-state index contributed by atoms with van der Waals surface area (Å²) in [4.78, 5) is 0. The summed E-state index contributed by atoms with van der Waals surface area (Å²) < 4.78 is 22.6. The third-order valence-electron chi connectivity index (χ3n) is 2.74. The molecule has 4 heteroatoms. The van der Waals surface area contributed by atoms with Gasteiger partial charge >= 0.3 is 0 Å². The van der Waals surface area contributed by atoms with Crippen molar-refractivity contribution in [3.05, 3.63) is 29.8 Å². The Morgan fingerprint density at radius 3 is 2.67 bits per heavy atom. The van der Waals surface area contributed by atoms with Gasteiger partial charge in [-0.2, -0.15) is 0 Å². The molecule has 0 aliphatic carbocycles. The van der Waals surface area contributed by atoms with Gasteiger partial charge in [-0.05, 0) is 25.0 Å². The van der Waals surface area contributed by atoms with E-state index in [1.807, 2.05) is 31.2 Å². The van der Waals surface area contributed by atoms with Gasteiger partial charge in [-0.15, -0.1) is 0 Å². The molecule has 15 heavy (non-hydrogen) atoms. The number of para-hydroxylation sites is 1.